The van der Waals surface area contributed by atoms with Gasteiger partial charge in [-0.05, 0) is 92.9 Å². The summed E-state index contributed by atoms with van der Waals surface area (Å²) < 4.78 is 6.49. The highest BCUT2D eigenvalue weighted by Gasteiger charge is 2.45. The van der Waals surface area contributed by atoms with Crippen LogP contribution in [0.3, 0.4) is 0 Å². The average Bonchev–Trinajstić information content (AvgIpc) is 3.88. The van der Waals surface area contributed by atoms with Gasteiger partial charge in [-0.3, -0.25) is 0 Å². The Morgan fingerprint density at radius 3 is 2.00 bits per heavy atom. The van der Waals surface area contributed by atoms with E-state index in [2.05, 4.69) is 163 Å². The molecule has 1 saturated carbocycles. The van der Waals surface area contributed by atoms with Crippen molar-refractivity contribution in [1.82, 2.24) is 0 Å². The first kappa shape index (κ1) is 30.1. The summed E-state index contributed by atoms with van der Waals surface area (Å²) in [6.07, 6.45) is 6.29. The lowest BCUT2D eigenvalue weighted by Crippen LogP contribution is -2.28. The van der Waals surface area contributed by atoms with Crippen LogP contribution in [0, 0.1) is 0 Å². The highest BCUT2D eigenvalue weighted by Crippen LogP contribution is 2.60. The Kier molecular flexibility index (Phi) is 6.31. The van der Waals surface area contributed by atoms with E-state index < -0.39 is 0 Å². The Balaban J connectivity index is 1.11. The zero-order valence-corrected chi connectivity index (χ0v) is 30.0. The molecule has 256 valence electrons. The molecule has 1 spiro atoms. The molecule has 54 heavy (non-hydrogen) atoms. The first-order valence-corrected chi connectivity index (χ1v) is 19.5. The van der Waals surface area contributed by atoms with Crippen LogP contribution in [0.1, 0.15) is 43.2 Å². The number of hydrogen-bond acceptors (Lipinski definition) is 2. The fraction of sp³-hybridized carbons (Fsp3) is 0.115. The third-order valence-corrected chi connectivity index (χ3v) is 12.8. The van der Waals surface area contributed by atoms with Crippen molar-refractivity contribution in [1.29, 1.82) is 0 Å². The second-order valence-corrected chi connectivity index (χ2v) is 15.5. The Hall–Kier alpha value is -6.38. The summed E-state index contributed by atoms with van der Waals surface area (Å²) in [5.74, 6) is 0. The van der Waals surface area contributed by atoms with E-state index in [1.807, 2.05) is 6.07 Å². The Morgan fingerprint density at radius 2 is 1.11 bits per heavy atom. The average molecular weight is 692 g/mol. The lowest BCUT2D eigenvalue weighted by atomic mass is 9.68. The van der Waals surface area contributed by atoms with Crippen LogP contribution in [0.25, 0.3) is 77.2 Å². The molecule has 2 nitrogen and oxygen atoms in total. The minimum atomic E-state index is 0.0704. The Labute approximate surface area is 314 Å². The molecule has 0 saturated heterocycles. The molecule has 0 radical (unpaired) electrons. The van der Waals surface area contributed by atoms with E-state index in [4.69, 9.17) is 4.42 Å². The monoisotopic (exact) mass is 691 g/mol. The zero-order valence-electron chi connectivity index (χ0n) is 30.0. The first-order chi connectivity index (χ1) is 26.8. The molecule has 1 heterocycles. The van der Waals surface area contributed by atoms with Crippen molar-refractivity contribution < 1.29 is 4.42 Å². The van der Waals surface area contributed by atoms with Crippen LogP contribution in [0.15, 0.2) is 168 Å². The van der Waals surface area contributed by atoms with Gasteiger partial charge < -0.3 is 9.32 Å². The van der Waals surface area contributed by atoms with Crippen molar-refractivity contribution in [2.75, 3.05) is 4.90 Å². The molecule has 0 amide bonds. The van der Waals surface area contributed by atoms with Crippen molar-refractivity contribution in [3.8, 4) is 44.5 Å². The number of anilines is 3. The molecule has 1 fully saturated rings. The van der Waals surface area contributed by atoms with Gasteiger partial charge in [0.05, 0.1) is 11.4 Å². The summed E-state index contributed by atoms with van der Waals surface area (Å²) in [6, 6.07) is 60.9. The second kappa shape index (κ2) is 11.3. The number of para-hydroxylation sites is 2. The lowest BCUT2D eigenvalue weighted by Gasteiger charge is -2.36. The lowest BCUT2D eigenvalue weighted by molar-refractivity contribution is 0.353. The van der Waals surface area contributed by atoms with Gasteiger partial charge in [-0.2, -0.15) is 0 Å². The van der Waals surface area contributed by atoms with Gasteiger partial charge in [-0.25, -0.2) is 0 Å². The third-order valence-electron chi connectivity index (χ3n) is 12.8. The maximum atomic E-state index is 6.49. The van der Waals surface area contributed by atoms with Crippen LogP contribution >= 0.6 is 0 Å². The molecule has 2 heteroatoms. The number of furan rings is 1. The number of fused-ring (bicyclic) bond motifs is 11. The van der Waals surface area contributed by atoms with E-state index in [0.29, 0.717) is 0 Å². The molecule has 1 aromatic heterocycles. The van der Waals surface area contributed by atoms with Gasteiger partial charge in [0.1, 0.15) is 11.2 Å². The molecule has 9 aromatic rings. The maximum absolute atomic E-state index is 6.49. The van der Waals surface area contributed by atoms with Gasteiger partial charge in [0.25, 0.3) is 0 Å². The molecule has 0 atom stereocenters. The number of rotatable bonds is 4. The van der Waals surface area contributed by atoms with E-state index in [1.165, 1.54) is 98.8 Å². The SMILES string of the molecule is c1ccc2c(c1)-c1cccc3ccc(N(c4ccc(-c5cccc6c5oc5ccccc56)cc4)c4cccc5c4-c4ccccc4C54CCCCC4)c-2c13. The van der Waals surface area contributed by atoms with Crippen molar-refractivity contribution in [3.63, 3.8) is 0 Å². The fourth-order valence-corrected chi connectivity index (χ4v) is 10.5. The van der Waals surface area contributed by atoms with Gasteiger partial charge in [-0.15, -0.1) is 0 Å². The second-order valence-electron chi connectivity index (χ2n) is 15.5. The van der Waals surface area contributed by atoms with E-state index in [-0.39, 0.29) is 5.41 Å². The Bertz CT molecular complexity index is 2980. The van der Waals surface area contributed by atoms with E-state index >= 15 is 0 Å². The quantitative estimate of drug-likeness (QED) is 0.183. The molecule has 3 aliphatic rings. The van der Waals surface area contributed by atoms with Gasteiger partial charge in [0, 0.05) is 38.6 Å². The fourth-order valence-electron chi connectivity index (χ4n) is 10.5. The molecule has 0 unspecified atom stereocenters. The largest absolute Gasteiger partial charge is 0.455 e. The number of hydrogen-bond donors (Lipinski definition) is 0. The first-order valence-electron chi connectivity index (χ1n) is 19.5. The van der Waals surface area contributed by atoms with Crippen LogP contribution in [-0.2, 0) is 5.41 Å². The van der Waals surface area contributed by atoms with E-state index in [1.54, 1.807) is 0 Å². The minimum absolute atomic E-state index is 0.0704. The molecular weight excluding hydrogens is 655 g/mol. The third kappa shape index (κ3) is 4.06. The molecule has 12 rings (SSSR count). The topological polar surface area (TPSA) is 16.4 Å². The minimum Gasteiger partial charge on any atom is -0.455 e. The number of benzene rings is 8. The summed E-state index contributed by atoms with van der Waals surface area (Å²) in [6.45, 7) is 0. The predicted octanol–water partition coefficient (Wildman–Crippen LogP) is 14.8. The molecule has 0 aliphatic heterocycles. The summed E-state index contributed by atoms with van der Waals surface area (Å²) >= 11 is 0. The predicted molar refractivity (Wildman–Crippen MR) is 225 cm³/mol. The van der Waals surface area contributed by atoms with Crippen molar-refractivity contribution in [3.05, 3.63) is 175 Å². The molecular formula is C52H37NO. The highest BCUT2D eigenvalue weighted by molar-refractivity contribution is 6.20. The molecule has 8 aromatic carbocycles. The van der Waals surface area contributed by atoms with E-state index in [9.17, 15) is 0 Å². The van der Waals surface area contributed by atoms with Crippen LogP contribution < -0.4 is 4.90 Å². The smallest absolute Gasteiger partial charge is 0.143 e. The van der Waals surface area contributed by atoms with Crippen molar-refractivity contribution in [2.24, 2.45) is 0 Å². The standard InChI is InChI=1S/C52H37NO/c1-8-31-52(32-9-1)43-21-6-4-17-42(43)49-44(52)22-12-23-45(49)53(46-30-27-34-13-10-19-39-37-14-2-3-16-40(37)50(46)48(34)39)35-28-25-33(26-29-35)36-18-11-20-41-38-15-5-7-24-47(38)54-51(36)41/h2-7,10-30H,1,8-9,31-32H2. The van der Waals surface area contributed by atoms with Gasteiger partial charge >= 0.3 is 0 Å². The maximum Gasteiger partial charge on any atom is 0.143 e. The van der Waals surface area contributed by atoms with Gasteiger partial charge in [-0.1, -0.05) is 153 Å². The van der Waals surface area contributed by atoms with Crippen LogP contribution in [-0.4, -0.2) is 0 Å². The number of nitrogens with zero attached hydrogens (tertiary/aromatic N) is 1. The highest BCUT2D eigenvalue weighted by atomic mass is 16.3. The summed E-state index contributed by atoms with van der Waals surface area (Å²) in [5.41, 5.74) is 18.8. The Morgan fingerprint density at radius 1 is 0.444 bits per heavy atom. The summed E-state index contributed by atoms with van der Waals surface area (Å²) in [5, 5.41) is 4.92. The van der Waals surface area contributed by atoms with E-state index in [0.717, 1.165) is 38.8 Å². The summed E-state index contributed by atoms with van der Waals surface area (Å²) in [4.78, 5) is 2.57. The van der Waals surface area contributed by atoms with Crippen molar-refractivity contribution in [2.45, 2.75) is 37.5 Å². The molecule has 0 bridgehead atoms. The molecule has 3 aliphatic carbocycles. The normalized spacial score (nSPS) is 14.8. The van der Waals surface area contributed by atoms with Crippen LogP contribution in [0.5, 0.6) is 0 Å². The van der Waals surface area contributed by atoms with Gasteiger partial charge in [0.2, 0.25) is 0 Å². The van der Waals surface area contributed by atoms with Crippen molar-refractivity contribution >= 4 is 49.8 Å². The molecule has 0 N–H and O–H groups in total. The zero-order chi connectivity index (χ0) is 35.4. The van der Waals surface area contributed by atoms with Crippen LogP contribution in [0.2, 0.25) is 0 Å². The summed E-state index contributed by atoms with van der Waals surface area (Å²) in [7, 11) is 0. The van der Waals surface area contributed by atoms with Gasteiger partial charge in [0.15, 0.2) is 0 Å². The van der Waals surface area contributed by atoms with Crippen LogP contribution in [0.4, 0.5) is 17.1 Å².